The lowest BCUT2D eigenvalue weighted by Crippen LogP contribution is -2.36. The third-order valence-corrected chi connectivity index (χ3v) is 6.48. The van der Waals surface area contributed by atoms with Crippen LogP contribution in [0.15, 0.2) is 84.9 Å². The highest BCUT2D eigenvalue weighted by atomic mass is 16.2. The van der Waals surface area contributed by atoms with E-state index in [1.807, 2.05) is 91.5 Å². The first-order valence-electron chi connectivity index (χ1n) is 12.4. The number of benzene rings is 3. The second kappa shape index (κ2) is 10.6. The van der Waals surface area contributed by atoms with Crippen molar-refractivity contribution in [1.29, 1.82) is 0 Å². The number of hydrogen-bond acceptors (Lipinski definition) is 5. The highest BCUT2D eigenvalue weighted by Gasteiger charge is 2.29. The molecule has 0 aliphatic carbocycles. The van der Waals surface area contributed by atoms with Gasteiger partial charge in [-0.1, -0.05) is 54.6 Å². The minimum Gasteiger partial charge on any atom is -0.351 e. The Morgan fingerprint density at radius 1 is 0.919 bits per heavy atom. The van der Waals surface area contributed by atoms with Crippen LogP contribution in [0.5, 0.6) is 0 Å². The first-order valence-corrected chi connectivity index (χ1v) is 12.4. The fourth-order valence-corrected chi connectivity index (χ4v) is 4.71. The molecule has 0 saturated heterocycles. The van der Waals surface area contributed by atoms with Crippen LogP contribution in [0.3, 0.4) is 0 Å². The lowest BCUT2D eigenvalue weighted by Gasteiger charge is -2.24. The van der Waals surface area contributed by atoms with Crippen molar-refractivity contribution in [2.45, 2.75) is 26.3 Å². The van der Waals surface area contributed by atoms with E-state index in [1.54, 1.807) is 12.1 Å². The van der Waals surface area contributed by atoms with Gasteiger partial charge in [0.1, 0.15) is 0 Å². The number of nitrogens with one attached hydrogen (secondary N) is 2. The number of carbonyl (C=O) groups is 2. The molecule has 5 rings (SSSR count). The molecule has 1 aliphatic rings. The monoisotopic (exact) mass is 491 g/mol. The summed E-state index contributed by atoms with van der Waals surface area (Å²) >= 11 is 0. The van der Waals surface area contributed by atoms with E-state index in [9.17, 15) is 9.59 Å². The van der Waals surface area contributed by atoms with Crippen molar-refractivity contribution in [3.63, 3.8) is 0 Å². The molecular weight excluding hydrogens is 462 g/mol. The zero-order valence-corrected chi connectivity index (χ0v) is 20.9. The number of fused-ring (bicyclic) bond motifs is 1. The first-order chi connectivity index (χ1) is 18.0. The van der Waals surface area contributed by atoms with Gasteiger partial charge in [0.15, 0.2) is 0 Å². The standard InChI is InChI=1S/C30H29N5O2/c1-20-15-21(2)33-30(32-20)34-26-13-8-12-23(16-26)28(36)31-17-25(22-9-4-3-5-10-22)19-35-18-24-11-6-7-14-27(24)29(35)37/h3-16,25H,17-19H2,1-2H3,(H,31,36)(H,32,33,34)/t25-/m0/s1. The van der Waals surface area contributed by atoms with Gasteiger partial charge in [0.2, 0.25) is 5.95 Å². The van der Waals surface area contributed by atoms with E-state index in [1.165, 1.54) is 0 Å². The number of aromatic nitrogens is 2. The maximum Gasteiger partial charge on any atom is 0.254 e. The summed E-state index contributed by atoms with van der Waals surface area (Å²) in [6.45, 7) is 5.34. The Kier molecular flexibility index (Phi) is 6.94. The van der Waals surface area contributed by atoms with Gasteiger partial charge in [-0.25, -0.2) is 9.97 Å². The van der Waals surface area contributed by atoms with E-state index in [4.69, 9.17) is 0 Å². The Hall–Kier alpha value is -4.52. The maximum absolute atomic E-state index is 13.1. The third-order valence-electron chi connectivity index (χ3n) is 6.48. The predicted octanol–water partition coefficient (Wildman–Crippen LogP) is 5.01. The summed E-state index contributed by atoms with van der Waals surface area (Å²) in [4.78, 5) is 36.8. The molecule has 1 aliphatic heterocycles. The topological polar surface area (TPSA) is 87.2 Å². The summed E-state index contributed by atoms with van der Waals surface area (Å²) in [5.74, 6) is 0.307. The fourth-order valence-electron chi connectivity index (χ4n) is 4.71. The highest BCUT2D eigenvalue weighted by molar-refractivity contribution is 5.98. The van der Waals surface area contributed by atoms with Gasteiger partial charge in [-0.3, -0.25) is 9.59 Å². The fraction of sp³-hybridized carbons (Fsp3) is 0.200. The molecular formula is C30H29N5O2. The van der Waals surface area contributed by atoms with Crippen LogP contribution < -0.4 is 10.6 Å². The van der Waals surface area contributed by atoms with Gasteiger partial charge in [-0.15, -0.1) is 0 Å². The molecule has 2 amide bonds. The van der Waals surface area contributed by atoms with Crippen molar-refractivity contribution in [3.05, 3.63) is 119 Å². The quantitative estimate of drug-likeness (QED) is 0.362. The Balaban J connectivity index is 1.28. The van der Waals surface area contributed by atoms with E-state index in [0.29, 0.717) is 31.1 Å². The molecule has 2 heterocycles. The predicted molar refractivity (Wildman–Crippen MR) is 144 cm³/mol. The van der Waals surface area contributed by atoms with E-state index < -0.39 is 0 Å². The molecule has 37 heavy (non-hydrogen) atoms. The van der Waals surface area contributed by atoms with Crippen molar-refractivity contribution in [2.75, 3.05) is 18.4 Å². The van der Waals surface area contributed by atoms with Crippen molar-refractivity contribution < 1.29 is 9.59 Å². The van der Waals surface area contributed by atoms with Gasteiger partial charge in [-0.2, -0.15) is 0 Å². The molecule has 4 aromatic rings. The molecule has 1 atom stereocenters. The van der Waals surface area contributed by atoms with Gasteiger partial charge >= 0.3 is 0 Å². The van der Waals surface area contributed by atoms with Gasteiger partial charge in [0.05, 0.1) is 0 Å². The van der Waals surface area contributed by atoms with Crippen LogP contribution in [-0.4, -0.2) is 39.8 Å². The Morgan fingerprint density at radius 2 is 1.65 bits per heavy atom. The second-order valence-electron chi connectivity index (χ2n) is 9.34. The summed E-state index contributed by atoms with van der Waals surface area (Å²) < 4.78 is 0. The number of anilines is 2. The molecule has 7 nitrogen and oxygen atoms in total. The Morgan fingerprint density at radius 3 is 2.41 bits per heavy atom. The molecule has 2 N–H and O–H groups in total. The van der Waals surface area contributed by atoms with Gasteiger partial charge in [0.25, 0.3) is 11.8 Å². The minimum atomic E-state index is -0.179. The van der Waals surface area contributed by atoms with Crippen molar-refractivity contribution in [1.82, 2.24) is 20.2 Å². The molecule has 0 unspecified atom stereocenters. The minimum absolute atomic E-state index is 0.0373. The summed E-state index contributed by atoms with van der Waals surface area (Å²) in [5.41, 5.74) is 5.89. The van der Waals surface area contributed by atoms with E-state index in [-0.39, 0.29) is 17.7 Å². The number of nitrogens with zero attached hydrogens (tertiary/aromatic N) is 3. The van der Waals surface area contributed by atoms with Crippen LogP contribution in [-0.2, 0) is 6.54 Å². The first kappa shape index (κ1) is 24.2. The van der Waals surface area contributed by atoms with Gasteiger partial charge in [0, 0.05) is 53.8 Å². The van der Waals surface area contributed by atoms with Crippen LogP contribution in [0, 0.1) is 13.8 Å². The largest absolute Gasteiger partial charge is 0.351 e. The lowest BCUT2D eigenvalue weighted by atomic mass is 9.98. The smallest absolute Gasteiger partial charge is 0.254 e. The number of rotatable bonds is 8. The summed E-state index contributed by atoms with van der Waals surface area (Å²) in [7, 11) is 0. The third kappa shape index (κ3) is 5.67. The Bertz CT molecular complexity index is 1420. The lowest BCUT2D eigenvalue weighted by molar-refractivity contribution is 0.0767. The zero-order valence-electron chi connectivity index (χ0n) is 20.9. The summed E-state index contributed by atoms with van der Waals surface area (Å²) in [6.07, 6.45) is 0. The van der Waals surface area contributed by atoms with Gasteiger partial charge in [-0.05, 0) is 55.3 Å². The number of carbonyl (C=O) groups excluding carboxylic acids is 2. The van der Waals surface area contributed by atoms with Crippen molar-refractivity contribution >= 4 is 23.5 Å². The SMILES string of the molecule is Cc1cc(C)nc(Nc2cccc(C(=O)NC[C@@H](CN3Cc4ccccc4C3=O)c3ccccc3)c2)n1. The second-order valence-corrected chi connectivity index (χ2v) is 9.34. The molecule has 7 heteroatoms. The van der Waals surface area contributed by atoms with E-state index in [0.717, 1.165) is 33.8 Å². The highest BCUT2D eigenvalue weighted by Crippen LogP contribution is 2.26. The average molecular weight is 492 g/mol. The van der Waals surface area contributed by atoms with Crippen LogP contribution in [0.4, 0.5) is 11.6 Å². The molecule has 1 aromatic heterocycles. The van der Waals surface area contributed by atoms with E-state index in [2.05, 4.69) is 20.6 Å². The van der Waals surface area contributed by atoms with Crippen molar-refractivity contribution in [2.24, 2.45) is 0 Å². The molecule has 3 aromatic carbocycles. The summed E-state index contributed by atoms with van der Waals surface area (Å²) in [6, 6.07) is 26.9. The summed E-state index contributed by atoms with van der Waals surface area (Å²) in [5, 5.41) is 6.27. The number of aryl methyl sites for hydroxylation is 2. The molecule has 0 spiro atoms. The van der Waals surface area contributed by atoms with Crippen LogP contribution in [0.2, 0.25) is 0 Å². The van der Waals surface area contributed by atoms with Crippen LogP contribution >= 0.6 is 0 Å². The number of amides is 2. The number of hydrogen-bond donors (Lipinski definition) is 2. The molecule has 186 valence electrons. The van der Waals surface area contributed by atoms with Crippen LogP contribution in [0.25, 0.3) is 0 Å². The molecule has 0 fully saturated rings. The molecule has 0 saturated carbocycles. The van der Waals surface area contributed by atoms with Crippen molar-refractivity contribution in [3.8, 4) is 0 Å². The average Bonchev–Trinajstić information content (AvgIpc) is 3.21. The maximum atomic E-state index is 13.1. The molecule has 0 bridgehead atoms. The molecule has 0 radical (unpaired) electrons. The van der Waals surface area contributed by atoms with E-state index >= 15 is 0 Å². The zero-order chi connectivity index (χ0) is 25.8. The van der Waals surface area contributed by atoms with Crippen LogP contribution in [0.1, 0.15) is 49.1 Å². The normalized spacial score (nSPS) is 13.2. The van der Waals surface area contributed by atoms with Gasteiger partial charge < -0.3 is 15.5 Å². The Labute approximate surface area is 216 Å².